The number of H-pyrrole nitrogens is 1. The van der Waals surface area contributed by atoms with E-state index in [1.165, 1.54) is 0 Å². The Balaban J connectivity index is 1.55. The highest BCUT2D eigenvalue weighted by Gasteiger charge is 2.26. The van der Waals surface area contributed by atoms with Crippen LogP contribution in [0.3, 0.4) is 0 Å². The minimum Gasteiger partial charge on any atom is -0.365 e. The van der Waals surface area contributed by atoms with Crippen LogP contribution >= 0.6 is 0 Å². The quantitative estimate of drug-likeness (QED) is 0.808. The summed E-state index contributed by atoms with van der Waals surface area (Å²) in [5.74, 6) is -0.244. The van der Waals surface area contributed by atoms with Gasteiger partial charge < -0.3 is 14.8 Å². The lowest BCUT2D eigenvalue weighted by molar-refractivity contribution is -0.131. The van der Waals surface area contributed by atoms with Crippen LogP contribution in [0.15, 0.2) is 23.4 Å². The van der Waals surface area contributed by atoms with Crippen LogP contribution in [0.2, 0.25) is 0 Å². The zero-order valence-electron chi connectivity index (χ0n) is 13.5. The largest absolute Gasteiger partial charge is 0.365 e. The summed E-state index contributed by atoms with van der Waals surface area (Å²) < 4.78 is 0. The molecule has 0 aliphatic carbocycles. The summed E-state index contributed by atoms with van der Waals surface area (Å²) in [5.41, 5.74) is 3.64. The number of nitrogens with zero attached hydrogens (tertiary/aromatic N) is 3. The first-order valence-electron chi connectivity index (χ1n) is 8.18. The fourth-order valence-corrected chi connectivity index (χ4v) is 2.93. The molecule has 1 aromatic heterocycles. The summed E-state index contributed by atoms with van der Waals surface area (Å²) in [6.45, 7) is 2.25. The standard InChI is InChI=1S/C16H21N5O3/c22-14-5-4-13(18-19-14)16(24)21-8-2-7-20(9-10-21)15(23)11-12-3-1-6-17-12/h1,3,6,17H,2,4-5,7-11H2,(H,19,22). The van der Waals surface area contributed by atoms with Crippen LogP contribution in [-0.2, 0) is 20.8 Å². The van der Waals surface area contributed by atoms with E-state index in [4.69, 9.17) is 0 Å². The Kier molecular flexibility index (Phi) is 4.93. The SMILES string of the molecule is O=C1CCC(C(=O)N2CCCN(C(=O)Cc3ccc[nH]3)CC2)=NN1. The fourth-order valence-electron chi connectivity index (χ4n) is 2.93. The number of hydrazone groups is 1. The molecule has 0 aromatic carbocycles. The molecule has 0 unspecified atom stereocenters. The number of hydrogen-bond donors (Lipinski definition) is 2. The third kappa shape index (κ3) is 3.81. The van der Waals surface area contributed by atoms with E-state index in [2.05, 4.69) is 15.5 Å². The fraction of sp³-hybridized carbons (Fsp3) is 0.500. The highest BCUT2D eigenvalue weighted by molar-refractivity contribution is 6.39. The molecule has 8 nitrogen and oxygen atoms in total. The molecule has 0 radical (unpaired) electrons. The van der Waals surface area contributed by atoms with Crippen molar-refractivity contribution in [1.29, 1.82) is 0 Å². The summed E-state index contributed by atoms with van der Waals surface area (Å²) in [4.78, 5) is 42.5. The molecular formula is C16H21N5O3. The van der Waals surface area contributed by atoms with Crippen molar-refractivity contribution in [3.63, 3.8) is 0 Å². The van der Waals surface area contributed by atoms with Gasteiger partial charge in [0, 0.05) is 50.9 Å². The topological polar surface area (TPSA) is 97.9 Å². The van der Waals surface area contributed by atoms with E-state index in [9.17, 15) is 14.4 Å². The number of hydrogen-bond acceptors (Lipinski definition) is 4. The number of nitrogens with one attached hydrogen (secondary N) is 2. The van der Waals surface area contributed by atoms with Crippen LogP contribution in [0.5, 0.6) is 0 Å². The predicted octanol–water partition coefficient (Wildman–Crippen LogP) is -0.116. The summed E-state index contributed by atoms with van der Waals surface area (Å²) in [5, 5.41) is 3.86. The molecule has 3 heterocycles. The maximum atomic E-state index is 12.5. The Morgan fingerprint density at radius 1 is 1.12 bits per heavy atom. The van der Waals surface area contributed by atoms with E-state index in [1.54, 1.807) is 16.0 Å². The summed E-state index contributed by atoms with van der Waals surface area (Å²) in [7, 11) is 0. The van der Waals surface area contributed by atoms with Crippen molar-refractivity contribution in [1.82, 2.24) is 20.2 Å². The van der Waals surface area contributed by atoms with Gasteiger partial charge in [0.05, 0.1) is 6.42 Å². The Labute approximate surface area is 139 Å². The molecule has 3 rings (SSSR count). The molecule has 0 bridgehead atoms. The molecular weight excluding hydrogens is 310 g/mol. The second kappa shape index (κ2) is 7.29. The number of rotatable bonds is 3. The van der Waals surface area contributed by atoms with E-state index in [0.717, 1.165) is 12.1 Å². The lowest BCUT2D eigenvalue weighted by Crippen LogP contribution is -2.42. The van der Waals surface area contributed by atoms with Crippen LogP contribution in [0.4, 0.5) is 0 Å². The average molecular weight is 331 g/mol. The number of carbonyl (C=O) groups is 3. The van der Waals surface area contributed by atoms with Crippen LogP contribution in [0.25, 0.3) is 0 Å². The van der Waals surface area contributed by atoms with Crippen LogP contribution in [-0.4, -0.2) is 64.4 Å². The maximum Gasteiger partial charge on any atom is 0.270 e. The molecule has 0 atom stereocenters. The van der Waals surface area contributed by atoms with E-state index in [-0.39, 0.29) is 17.7 Å². The summed E-state index contributed by atoms with van der Waals surface area (Å²) in [6, 6.07) is 3.76. The van der Waals surface area contributed by atoms with Gasteiger partial charge in [0.1, 0.15) is 5.71 Å². The van der Waals surface area contributed by atoms with Crippen molar-refractivity contribution >= 4 is 23.4 Å². The van der Waals surface area contributed by atoms with E-state index in [1.807, 2.05) is 12.1 Å². The Morgan fingerprint density at radius 3 is 2.62 bits per heavy atom. The third-order valence-corrected chi connectivity index (χ3v) is 4.29. The lowest BCUT2D eigenvalue weighted by Gasteiger charge is -2.23. The van der Waals surface area contributed by atoms with Gasteiger partial charge in [-0.05, 0) is 18.6 Å². The number of carbonyl (C=O) groups excluding carboxylic acids is 3. The number of amides is 3. The zero-order chi connectivity index (χ0) is 16.9. The van der Waals surface area contributed by atoms with Crippen molar-refractivity contribution in [3.05, 3.63) is 24.0 Å². The Bertz CT molecular complexity index is 653. The molecule has 1 aromatic rings. The van der Waals surface area contributed by atoms with Crippen LogP contribution < -0.4 is 5.43 Å². The first-order chi connectivity index (χ1) is 11.6. The van der Waals surface area contributed by atoms with Crippen LogP contribution in [0.1, 0.15) is 25.0 Å². The Hall–Kier alpha value is -2.64. The van der Waals surface area contributed by atoms with Crippen molar-refractivity contribution in [2.75, 3.05) is 26.2 Å². The molecule has 3 amide bonds. The summed E-state index contributed by atoms with van der Waals surface area (Å²) in [6.07, 6.45) is 3.55. The highest BCUT2D eigenvalue weighted by atomic mass is 16.2. The molecule has 0 spiro atoms. The maximum absolute atomic E-state index is 12.5. The smallest absolute Gasteiger partial charge is 0.270 e. The van der Waals surface area contributed by atoms with Gasteiger partial charge in [-0.2, -0.15) is 5.10 Å². The average Bonchev–Trinajstić information content (AvgIpc) is 2.96. The van der Waals surface area contributed by atoms with E-state index in [0.29, 0.717) is 51.2 Å². The monoisotopic (exact) mass is 331 g/mol. The highest BCUT2D eigenvalue weighted by Crippen LogP contribution is 2.09. The molecule has 2 aliphatic rings. The predicted molar refractivity (Wildman–Crippen MR) is 87.1 cm³/mol. The van der Waals surface area contributed by atoms with Gasteiger partial charge >= 0.3 is 0 Å². The first-order valence-corrected chi connectivity index (χ1v) is 8.18. The zero-order valence-corrected chi connectivity index (χ0v) is 13.5. The van der Waals surface area contributed by atoms with E-state index >= 15 is 0 Å². The van der Waals surface area contributed by atoms with Crippen molar-refractivity contribution < 1.29 is 14.4 Å². The molecule has 0 saturated carbocycles. The van der Waals surface area contributed by atoms with Gasteiger partial charge in [0.15, 0.2) is 0 Å². The van der Waals surface area contributed by atoms with Gasteiger partial charge in [0.2, 0.25) is 11.8 Å². The van der Waals surface area contributed by atoms with Gasteiger partial charge in [0.25, 0.3) is 5.91 Å². The molecule has 8 heteroatoms. The third-order valence-electron chi connectivity index (χ3n) is 4.29. The molecule has 1 fully saturated rings. The second-order valence-corrected chi connectivity index (χ2v) is 5.99. The van der Waals surface area contributed by atoms with Crippen LogP contribution in [0, 0.1) is 0 Å². The molecule has 128 valence electrons. The number of aromatic nitrogens is 1. The molecule has 2 aliphatic heterocycles. The van der Waals surface area contributed by atoms with E-state index < -0.39 is 0 Å². The van der Waals surface area contributed by atoms with Gasteiger partial charge in [-0.1, -0.05) is 0 Å². The number of aromatic amines is 1. The van der Waals surface area contributed by atoms with Gasteiger partial charge in [-0.15, -0.1) is 0 Å². The molecule has 2 N–H and O–H groups in total. The molecule has 24 heavy (non-hydrogen) atoms. The van der Waals surface area contributed by atoms with Gasteiger partial charge in [-0.3, -0.25) is 14.4 Å². The summed E-state index contributed by atoms with van der Waals surface area (Å²) >= 11 is 0. The van der Waals surface area contributed by atoms with Crippen molar-refractivity contribution in [2.24, 2.45) is 5.10 Å². The van der Waals surface area contributed by atoms with Crippen molar-refractivity contribution in [2.45, 2.75) is 25.7 Å². The Morgan fingerprint density at radius 2 is 1.92 bits per heavy atom. The minimum absolute atomic E-state index is 0.0639. The first kappa shape index (κ1) is 16.2. The minimum atomic E-state index is -0.163. The van der Waals surface area contributed by atoms with Crippen molar-refractivity contribution in [3.8, 4) is 0 Å². The van der Waals surface area contributed by atoms with Gasteiger partial charge in [-0.25, -0.2) is 5.43 Å². The lowest BCUT2D eigenvalue weighted by atomic mass is 10.1. The normalized spacial score (nSPS) is 18.7. The molecule has 1 saturated heterocycles. The second-order valence-electron chi connectivity index (χ2n) is 5.99.